The molecule has 4 aliphatic rings. The highest BCUT2D eigenvalue weighted by atomic mass is 16.8. The molecule has 0 aromatic heterocycles. The Labute approximate surface area is 126 Å². The number of hydrogen-bond donors (Lipinski definition) is 1. The molecule has 0 amide bonds. The van der Waals surface area contributed by atoms with Gasteiger partial charge in [0.15, 0.2) is 12.1 Å². The van der Waals surface area contributed by atoms with E-state index in [0.717, 1.165) is 12.8 Å². The Morgan fingerprint density at radius 1 is 1.10 bits per heavy atom. The van der Waals surface area contributed by atoms with Crippen LogP contribution in [0.1, 0.15) is 52.9 Å². The second-order valence-electron chi connectivity index (χ2n) is 7.76. The van der Waals surface area contributed by atoms with Crippen LogP contribution in [0, 0.1) is 11.3 Å². The van der Waals surface area contributed by atoms with Crippen LogP contribution in [0.2, 0.25) is 0 Å². The van der Waals surface area contributed by atoms with Crippen LogP contribution < -0.4 is 0 Å². The Morgan fingerprint density at radius 2 is 1.86 bits per heavy atom. The molecule has 4 rings (SSSR count). The van der Waals surface area contributed by atoms with Crippen LogP contribution in [0.5, 0.6) is 0 Å². The zero-order chi connectivity index (χ0) is 14.8. The van der Waals surface area contributed by atoms with Gasteiger partial charge in [-0.15, -0.1) is 0 Å². The molecule has 0 bridgehead atoms. The lowest BCUT2D eigenvalue weighted by Crippen LogP contribution is -2.55. The highest BCUT2D eigenvalue weighted by molar-refractivity contribution is 5.35. The summed E-state index contributed by atoms with van der Waals surface area (Å²) in [5.74, 6) is -0.246. The van der Waals surface area contributed by atoms with E-state index in [1.54, 1.807) is 0 Å². The predicted octanol–water partition coefficient (Wildman–Crippen LogP) is 2.75. The smallest absolute Gasteiger partial charge is 0.164 e. The maximum absolute atomic E-state index is 9.97. The highest BCUT2D eigenvalue weighted by Gasteiger charge is 2.59. The van der Waals surface area contributed by atoms with Crippen molar-refractivity contribution in [3.05, 3.63) is 11.1 Å². The molecule has 2 aliphatic heterocycles. The monoisotopic (exact) mass is 294 g/mol. The van der Waals surface area contributed by atoms with Gasteiger partial charge >= 0.3 is 0 Å². The van der Waals surface area contributed by atoms with Crippen LogP contribution in [0.25, 0.3) is 0 Å². The van der Waals surface area contributed by atoms with E-state index in [4.69, 9.17) is 14.2 Å². The Hall–Kier alpha value is -0.420. The van der Waals surface area contributed by atoms with Crippen LogP contribution in [0.3, 0.4) is 0 Å². The summed E-state index contributed by atoms with van der Waals surface area (Å²) in [5, 5.41) is 9.97. The maximum Gasteiger partial charge on any atom is 0.164 e. The van der Waals surface area contributed by atoms with Gasteiger partial charge in [-0.1, -0.05) is 12.5 Å². The lowest BCUT2D eigenvalue weighted by molar-refractivity contribution is -0.207. The third kappa shape index (κ3) is 2.03. The number of aliphatic hydroxyl groups excluding tert-OH is 1. The van der Waals surface area contributed by atoms with Gasteiger partial charge in [-0.05, 0) is 45.1 Å². The summed E-state index contributed by atoms with van der Waals surface area (Å²) in [7, 11) is 0. The van der Waals surface area contributed by atoms with Gasteiger partial charge in [0.1, 0.15) is 6.10 Å². The Balaban J connectivity index is 1.81. The molecule has 118 valence electrons. The minimum atomic E-state index is -0.665. The number of fused-ring (bicyclic) bond motifs is 5. The molecule has 2 fully saturated rings. The predicted molar refractivity (Wildman–Crippen MR) is 77.5 cm³/mol. The van der Waals surface area contributed by atoms with Crippen LogP contribution in [-0.2, 0) is 14.2 Å². The van der Waals surface area contributed by atoms with E-state index in [1.807, 2.05) is 13.8 Å². The standard InChI is InChI=1S/C17H26O4/c1-16(2)20-14-10-6-4-5-7-11(10)17(3)9-19-13(18)8-12(17)15(14)21-16/h12-15,18H,4-9H2,1-3H3/t12-,13-,14+,15-,17+/m0/s1. The molecule has 21 heavy (non-hydrogen) atoms. The SMILES string of the molecule is CC1(C)O[C@@H]2[C@H](O1)C1=C(CCCC1)[C@@]1(C)CO[C@H](O)C[C@@H]21. The Bertz CT molecular complexity index is 483. The molecule has 0 unspecified atom stereocenters. The summed E-state index contributed by atoms with van der Waals surface area (Å²) in [5.41, 5.74) is 3.00. The minimum absolute atomic E-state index is 0.0000694. The van der Waals surface area contributed by atoms with Crippen LogP contribution in [-0.4, -0.2) is 36.0 Å². The molecule has 5 atom stereocenters. The number of hydrogen-bond acceptors (Lipinski definition) is 4. The molecule has 0 aromatic rings. The van der Waals surface area contributed by atoms with Crippen molar-refractivity contribution in [3.63, 3.8) is 0 Å². The molecule has 1 N–H and O–H groups in total. The van der Waals surface area contributed by atoms with E-state index in [-0.39, 0.29) is 23.5 Å². The summed E-state index contributed by atoms with van der Waals surface area (Å²) < 4.78 is 18.1. The van der Waals surface area contributed by atoms with Crippen molar-refractivity contribution in [2.45, 2.75) is 77.2 Å². The average Bonchev–Trinajstić information content (AvgIpc) is 2.77. The normalized spacial score (nSPS) is 48.6. The summed E-state index contributed by atoms with van der Waals surface area (Å²) in [4.78, 5) is 0. The zero-order valence-corrected chi connectivity index (χ0v) is 13.2. The van der Waals surface area contributed by atoms with E-state index in [0.29, 0.717) is 13.0 Å². The molecule has 2 saturated heterocycles. The topological polar surface area (TPSA) is 47.9 Å². The lowest BCUT2D eigenvalue weighted by atomic mass is 9.58. The Morgan fingerprint density at radius 3 is 2.67 bits per heavy atom. The number of rotatable bonds is 0. The minimum Gasteiger partial charge on any atom is -0.368 e. The van der Waals surface area contributed by atoms with Gasteiger partial charge in [0.05, 0.1) is 12.7 Å². The molecule has 2 heterocycles. The van der Waals surface area contributed by atoms with Crippen molar-refractivity contribution in [2.24, 2.45) is 11.3 Å². The van der Waals surface area contributed by atoms with Gasteiger partial charge < -0.3 is 19.3 Å². The second kappa shape index (κ2) is 4.54. The van der Waals surface area contributed by atoms with Crippen molar-refractivity contribution >= 4 is 0 Å². The van der Waals surface area contributed by atoms with E-state index in [2.05, 4.69) is 6.92 Å². The average molecular weight is 294 g/mol. The molecular formula is C17H26O4. The molecule has 0 saturated carbocycles. The third-order valence-corrected chi connectivity index (χ3v) is 5.92. The molecule has 4 nitrogen and oxygen atoms in total. The van der Waals surface area contributed by atoms with E-state index in [1.165, 1.54) is 24.0 Å². The quantitative estimate of drug-likeness (QED) is 0.698. The fourth-order valence-corrected chi connectivity index (χ4v) is 4.98. The molecular weight excluding hydrogens is 268 g/mol. The van der Waals surface area contributed by atoms with Crippen LogP contribution in [0.4, 0.5) is 0 Å². The Kier molecular flexibility index (Phi) is 3.07. The fraction of sp³-hybridized carbons (Fsp3) is 0.882. The van der Waals surface area contributed by atoms with E-state index in [9.17, 15) is 5.11 Å². The molecule has 4 heteroatoms. The molecule has 0 spiro atoms. The summed E-state index contributed by atoms with van der Waals surface area (Å²) in [6, 6.07) is 0. The highest BCUT2D eigenvalue weighted by Crippen LogP contribution is 2.57. The van der Waals surface area contributed by atoms with Crippen molar-refractivity contribution in [1.29, 1.82) is 0 Å². The van der Waals surface area contributed by atoms with E-state index < -0.39 is 12.1 Å². The zero-order valence-electron chi connectivity index (χ0n) is 13.2. The molecule has 0 radical (unpaired) electrons. The van der Waals surface area contributed by atoms with Crippen molar-refractivity contribution in [1.82, 2.24) is 0 Å². The number of ether oxygens (including phenoxy) is 3. The van der Waals surface area contributed by atoms with Gasteiger partial charge in [0.2, 0.25) is 0 Å². The first-order valence-corrected chi connectivity index (χ1v) is 8.28. The summed E-state index contributed by atoms with van der Waals surface area (Å²) >= 11 is 0. The maximum atomic E-state index is 9.97. The van der Waals surface area contributed by atoms with Crippen molar-refractivity contribution in [3.8, 4) is 0 Å². The lowest BCUT2D eigenvalue weighted by Gasteiger charge is -2.53. The second-order valence-corrected chi connectivity index (χ2v) is 7.76. The van der Waals surface area contributed by atoms with Gasteiger partial charge in [0, 0.05) is 17.8 Å². The van der Waals surface area contributed by atoms with Crippen LogP contribution in [0.15, 0.2) is 11.1 Å². The van der Waals surface area contributed by atoms with Crippen molar-refractivity contribution in [2.75, 3.05) is 6.61 Å². The van der Waals surface area contributed by atoms with Crippen molar-refractivity contribution < 1.29 is 19.3 Å². The molecule has 2 aliphatic carbocycles. The van der Waals surface area contributed by atoms with Gasteiger partial charge in [0.25, 0.3) is 0 Å². The first-order chi connectivity index (χ1) is 9.91. The largest absolute Gasteiger partial charge is 0.368 e. The van der Waals surface area contributed by atoms with E-state index >= 15 is 0 Å². The molecule has 0 aromatic carbocycles. The first kappa shape index (κ1) is 14.2. The third-order valence-electron chi connectivity index (χ3n) is 5.92. The fourth-order valence-electron chi connectivity index (χ4n) is 4.98. The van der Waals surface area contributed by atoms with Gasteiger partial charge in [-0.3, -0.25) is 0 Å². The first-order valence-electron chi connectivity index (χ1n) is 8.28. The van der Waals surface area contributed by atoms with Gasteiger partial charge in [-0.2, -0.15) is 0 Å². The summed E-state index contributed by atoms with van der Waals surface area (Å²) in [6.45, 7) is 6.91. The number of aliphatic hydroxyl groups is 1. The summed E-state index contributed by atoms with van der Waals surface area (Å²) in [6.07, 6.45) is 4.89. The van der Waals surface area contributed by atoms with Crippen LogP contribution >= 0.6 is 0 Å². The van der Waals surface area contributed by atoms with Gasteiger partial charge in [-0.25, -0.2) is 0 Å².